The van der Waals surface area contributed by atoms with E-state index in [-0.39, 0.29) is 6.71 Å². The van der Waals surface area contributed by atoms with Crippen LogP contribution in [0.1, 0.15) is 0 Å². The Labute approximate surface area is 192 Å². The predicted molar refractivity (Wildman–Crippen MR) is 132 cm³/mol. The van der Waals surface area contributed by atoms with E-state index in [0.29, 0.717) is 12.5 Å². The summed E-state index contributed by atoms with van der Waals surface area (Å²) in [6, 6.07) is 28.3. The highest BCUT2D eigenvalue weighted by molar-refractivity contribution is 6.97. The molecule has 7 heteroatoms. The Kier molecular flexibility index (Phi) is 4.72. The lowest BCUT2D eigenvalue weighted by Crippen LogP contribution is -2.54. The molecule has 6 nitrogen and oxygen atoms in total. The SMILES string of the molecule is CN1C=NN(c2ccc3c(c2)B(c2cccc(Oc4ccccn4)c2)c2ccccc2O3)C1. The van der Waals surface area contributed by atoms with E-state index in [1.54, 1.807) is 6.20 Å². The molecule has 0 N–H and O–H groups in total. The second-order valence-electron chi connectivity index (χ2n) is 8.17. The van der Waals surface area contributed by atoms with Crippen LogP contribution in [0.3, 0.4) is 0 Å². The number of hydrogen-bond acceptors (Lipinski definition) is 6. The minimum Gasteiger partial charge on any atom is -0.458 e. The second-order valence-corrected chi connectivity index (χ2v) is 8.17. The third kappa shape index (κ3) is 3.67. The number of ether oxygens (including phenoxy) is 2. The Bertz CT molecular complexity index is 1350. The summed E-state index contributed by atoms with van der Waals surface area (Å²) in [7, 11) is 2.01. The Hall–Kier alpha value is -4.26. The average molecular weight is 432 g/mol. The minimum atomic E-state index is 0.00138. The van der Waals surface area contributed by atoms with Gasteiger partial charge in [0.15, 0.2) is 0 Å². The molecule has 160 valence electrons. The number of benzene rings is 3. The molecular formula is C26H21BN4O2. The van der Waals surface area contributed by atoms with E-state index in [0.717, 1.165) is 39.3 Å². The Morgan fingerprint density at radius 1 is 0.879 bits per heavy atom. The number of hydrogen-bond donors (Lipinski definition) is 0. The summed E-state index contributed by atoms with van der Waals surface area (Å²) in [4.78, 5) is 6.33. The van der Waals surface area contributed by atoms with Gasteiger partial charge in [-0.05, 0) is 53.4 Å². The molecule has 3 heterocycles. The van der Waals surface area contributed by atoms with E-state index in [2.05, 4.69) is 46.5 Å². The van der Waals surface area contributed by atoms with E-state index in [1.165, 1.54) is 0 Å². The first-order chi connectivity index (χ1) is 16.2. The van der Waals surface area contributed by atoms with E-state index < -0.39 is 0 Å². The highest BCUT2D eigenvalue weighted by atomic mass is 16.5. The summed E-state index contributed by atoms with van der Waals surface area (Å²) in [5.74, 6) is 3.05. The van der Waals surface area contributed by atoms with Crippen LogP contribution >= 0.6 is 0 Å². The van der Waals surface area contributed by atoms with Crippen molar-refractivity contribution in [2.75, 3.05) is 18.7 Å². The number of fused-ring (bicyclic) bond motifs is 2. The Morgan fingerprint density at radius 2 is 1.76 bits per heavy atom. The quantitative estimate of drug-likeness (QED) is 0.409. The van der Waals surface area contributed by atoms with E-state index >= 15 is 0 Å². The van der Waals surface area contributed by atoms with E-state index in [9.17, 15) is 0 Å². The molecule has 33 heavy (non-hydrogen) atoms. The van der Waals surface area contributed by atoms with Crippen LogP contribution < -0.4 is 30.9 Å². The van der Waals surface area contributed by atoms with Gasteiger partial charge in [0, 0.05) is 19.3 Å². The normalized spacial score (nSPS) is 14.0. The van der Waals surface area contributed by atoms with Crippen molar-refractivity contribution in [3.63, 3.8) is 0 Å². The third-order valence-electron chi connectivity index (χ3n) is 5.85. The molecule has 0 aliphatic carbocycles. The van der Waals surface area contributed by atoms with Gasteiger partial charge in [-0.3, -0.25) is 0 Å². The summed E-state index contributed by atoms with van der Waals surface area (Å²) >= 11 is 0. The molecule has 2 aliphatic heterocycles. The number of hydrazone groups is 1. The zero-order valence-electron chi connectivity index (χ0n) is 18.1. The van der Waals surface area contributed by atoms with Crippen LogP contribution in [0, 0.1) is 0 Å². The first-order valence-electron chi connectivity index (χ1n) is 10.9. The Morgan fingerprint density at radius 3 is 2.61 bits per heavy atom. The number of nitrogens with zero attached hydrogens (tertiary/aromatic N) is 4. The standard InChI is InChI=1S/C26H21BN4O2/c1-30-17-29-31(18-30)20-12-13-25-23(16-20)27(22-9-2-3-10-24(22)33-25)19-7-6-8-21(15-19)32-26-11-4-5-14-28-26/h2-17H,18H2,1H3. The summed E-state index contributed by atoms with van der Waals surface area (Å²) in [5, 5.41) is 6.49. The molecule has 2 aliphatic rings. The van der Waals surface area contributed by atoms with Crippen molar-refractivity contribution in [1.82, 2.24) is 9.88 Å². The van der Waals surface area contributed by atoms with Gasteiger partial charge in [-0.2, -0.15) is 5.10 Å². The van der Waals surface area contributed by atoms with Crippen LogP contribution in [0.2, 0.25) is 0 Å². The van der Waals surface area contributed by atoms with Crippen molar-refractivity contribution >= 4 is 35.1 Å². The topological polar surface area (TPSA) is 50.2 Å². The molecule has 0 radical (unpaired) electrons. The smallest absolute Gasteiger partial charge is 0.251 e. The predicted octanol–water partition coefficient (Wildman–Crippen LogP) is 3.15. The van der Waals surface area contributed by atoms with Gasteiger partial charge < -0.3 is 14.4 Å². The minimum absolute atomic E-state index is 0.00138. The molecule has 0 amide bonds. The van der Waals surface area contributed by atoms with Crippen molar-refractivity contribution in [3.05, 3.63) is 91.1 Å². The lowest BCUT2D eigenvalue weighted by Gasteiger charge is -2.28. The average Bonchev–Trinajstić information content (AvgIpc) is 3.29. The molecule has 3 aromatic carbocycles. The van der Waals surface area contributed by atoms with E-state index in [1.807, 2.05) is 71.8 Å². The van der Waals surface area contributed by atoms with Gasteiger partial charge >= 0.3 is 0 Å². The highest BCUT2D eigenvalue weighted by Gasteiger charge is 2.33. The maximum Gasteiger partial charge on any atom is 0.251 e. The van der Waals surface area contributed by atoms with Gasteiger partial charge in [0.2, 0.25) is 5.88 Å². The lowest BCUT2D eigenvalue weighted by atomic mass is 9.36. The zero-order chi connectivity index (χ0) is 22.2. The number of pyridine rings is 1. The van der Waals surface area contributed by atoms with Crippen LogP contribution in [0.4, 0.5) is 5.69 Å². The van der Waals surface area contributed by atoms with Crippen molar-refractivity contribution in [2.45, 2.75) is 0 Å². The maximum absolute atomic E-state index is 6.29. The zero-order valence-corrected chi connectivity index (χ0v) is 18.1. The lowest BCUT2D eigenvalue weighted by molar-refractivity contribution is 0.463. The second kappa shape index (κ2) is 8.02. The van der Waals surface area contributed by atoms with Gasteiger partial charge in [0.25, 0.3) is 6.71 Å². The van der Waals surface area contributed by atoms with Gasteiger partial charge in [0.05, 0.1) is 5.69 Å². The maximum atomic E-state index is 6.29. The summed E-state index contributed by atoms with van der Waals surface area (Å²) in [6.45, 7) is 0.718. The molecule has 0 saturated heterocycles. The molecule has 0 atom stereocenters. The molecular weight excluding hydrogens is 411 g/mol. The number of para-hydroxylation sites is 1. The molecule has 0 unspecified atom stereocenters. The van der Waals surface area contributed by atoms with Gasteiger partial charge in [0.1, 0.15) is 30.3 Å². The summed E-state index contributed by atoms with van der Waals surface area (Å²) < 4.78 is 12.3. The van der Waals surface area contributed by atoms with Crippen molar-refractivity contribution < 1.29 is 9.47 Å². The molecule has 0 fully saturated rings. The Balaban J connectivity index is 1.44. The van der Waals surface area contributed by atoms with Crippen molar-refractivity contribution in [1.29, 1.82) is 0 Å². The van der Waals surface area contributed by atoms with Crippen molar-refractivity contribution in [2.24, 2.45) is 5.10 Å². The molecule has 0 spiro atoms. The van der Waals surface area contributed by atoms with Gasteiger partial charge in [-0.15, -0.1) is 0 Å². The molecule has 1 aromatic heterocycles. The fraction of sp³-hybridized carbons (Fsp3) is 0.0769. The highest BCUT2D eigenvalue weighted by Crippen LogP contribution is 2.28. The number of rotatable bonds is 4. The molecule has 0 bridgehead atoms. The van der Waals surface area contributed by atoms with Crippen LogP contribution in [0.15, 0.2) is 96.2 Å². The summed E-state index contributed by atoms with van der Waals surface area (Å²) in [6.07, 6.45) is 3.56. The van der Waals surface area contributed by atoms with Gasteiger partial charge in [-0.25, -0.2) is 9.99 Å². The third-order valence-corrected chi connectivity index (χ3v) is 5.85. The number of aromatic nitrogens is 1. The molecule has 6 rings (SSSR count). The van der Waals surface area contributed by atoms with Crippen LogP contribution in [-0.4, -0.2) is 36.7 Å². The largest absolute Gasteiger partial charge is 0.458 e. The van der Waals surface area contributed by atoms with Gasteiger partial charge in [-0.1, -0.05) is 41.9 Å². The molecule has 4 aromatic rings. The van der Waals surface area contributed by atoms with E-state index in [4.69, 9.17) is 9.47 Å². The fourth-order valence-corrected chi connectivity index (χ4v) is 4.34. The first kappa shape index (κ1) is 19.4. The van der Waals surface area contributed by atoms with Crippen LogP contribution in [0.25, 0.3) is 0 Å². The monoisotopic (exact) mass is 432 g/mol. The van der Waals surface area contributed by atoms with Crippen molar-refractivity contribution in [3.8, 4) is 23.1 Å². The fourth-order valence-electron chi connectivity index (χ4n) is 4.34. The number of anilines is 1. The first-order valence-corrected chi connectivity index (χ1v) is 10.9. The molecule has 0 saturated carbocycles. The van der Waals surface area contributed by atoms with Crippen LogP contribution in [-0.2, 0) is 0 Å². The summed E-state index contributed by atoms with van der Waals surface area (Å²) in [5.41, 5.74) is 4.38. The van der Waals surface area contributed by atoms with Crippen LogP contribution in [0.5, 0.6) is 23.1 Å².